The first-order valence-electron chi connectivity index (χ1n) is 17.5. The number of nitrogens with zero attached hydrogens (tertiary/aromatic N) is 2. The van der Waals surface area contributed by atoms with E-state index >= 15 is 0 Å². The van der Waals surface area contributed by atoms with Crippen LogP contribution in [0.4, 0.5) is 5.69 Å². The molecule has 0 saturated heterocycles. The number of hydrogen-bond donors (Lipinski definition) is 2. The van der Waals surface area contributed by atoms with Crippen LogP contribution in [0, 0.1) is 0 Å². The van der Waals surface area contributed by atoms with Crippen molar-refractivity contribution < 1.29 is 0 Å². The monoisotopic (exact) mass is 672 g/mol. The van der Waals surface area contributed by atoms with E-state index in [1.165, 1.54) is 86.5 Å². The van der Waals surface area contributed by atoms with Crippen LogP contribution in [0.2, 0.25) is 0 Å². The Morgan fingerprint density at radius 2 is 1.12 bits per heavy atom. The van der Waals surface area contributed by atoms with Gasteiger partial charge in [-0.2, -0.15) is 0 Å². The molecule has 51 heavy (non-hydrogen) atoms. The fraction of sp³-hybridized carbons (Fsp3) is 0.0435. The van der Waals surface area contributed by atoms with E-state index in [1.54, 1.807) is 0 Å². The largest absolute Gasteiger partial charge is 0.351 e. The van der Waals surface area contributed by atoms with Crippen LogP contribution in [0.3, 0.4) is 0 Å². The zero-order chi connectivity index (χ0) is 33.5. The maximum atomic E-state index is 3.90. The minimum atomic E-state index is -0.0831. The normalized spacial score (nSPS) is 14.5. The maximum Gasteiger partial charge on any atom is 0.160 e. The Morgan fingerprint density at radius 3 is 2.00 bits per heavy atom. The summed E-state index contributed by atoms with van der Waals surface area (Å²) in [7, 11) is 0. The lowest BCUT2D eigenvalue weighted by Gasteiger charge is -2.29. The highest BCUT2D eigenvalue weighted by Gasteiger charge is 2.25. The number of fused-ring (bicyclic) bond motifs is 9. The molecule has 2 N–H and O–H groups in total. The lowest BCUT2D eigenvalue weighted by Crippen LogP contribution is -2.36. The third-order valence-corrected chi connectivity index (χ3v) is 11.8. The van der Waals surface area contributed by atoms with E-state index in [0.29, 0.717) is 0 Å². The van der Waals surface area contributed by atoms with Gasteiger partial charge in [-0.15, -0.1) is 11.3 Å². The minimum Gasteiger partial charge on any atom is -0.351 e. The molecular formula is C46H32N4S. The van der Waals surface area contributed by atoms with Crippen molar-refractivity contribution in [2.24, 2.45) is 0 Å². The van der Waals surface area contributed by atoms with E-state index in [1.807, 2.05) is 11.3 Å². The fourth-order valence-electron chi connectivity index (χ4n) is 8.26. The average Bonchev–Trinajstić information content (AvgIpc) is 3.85. The SMILES string of the molecule is c1ccc(-c2cccc(-n3c4ccccc4c4cc(-c5ccc6c7ccccc7n(C7NCc8sc9ccccc9c8N7)c6c5)ccc43)c2)cc1. The highest BCUT2D eigenvalue weighted by molar-refractivity contribution is 7.19. The molecule has 5 heteroatoms. The molecule has 7 aromatic carbocycles. The van der Waals surface area contributed by atoms with Gasteiger partial charge in [0.1, 0.15) is 0 Å². The summed E-state index contributed by atoms with van der Waals surface area (Å²) in [5.41, 5.74) is 12.1. The first kappa shape index (κ1) is 28.7. The molecule has 0 amide bonds. The van der Waals surface area contributed by atoms with Crippen molar-refractivity contribution in [2.75, 3.05) is 5.32 Å². The summed E-state index contributed by atoms with van der Waals surface area (Å²) in [6.07, 6.45) is -0.0831. The fourth-order valence-corrected chi connectivity index (χ4v) is 9.37. The molecule has 1 atom stereocenters. The molecule has 1 unspecified atom stereocenters. The van der Waals surface area contributed by atoms with Crippen molar-refractivity contribution in [3.8, 4) is 27.9 Å². The summed E-state index contributed by atoms with van der Waals surface area (Å²) in [4.78, 5) is 1.35. The van der Waals surface area contributed by atoms with Gasteiger partial charge in [-0.05, 0) is 70.8 Å². The summed E-state index contributed by atoms with van der Waals surface area (Å²) in [6.45, 7) is 0.828. The Hall–Kier alpha value is -6.14. The van der Waals surface area contributed by atoms with Gasteiger partial charge in [-0.1, -0.05) is 115 Å². The molecule has 0 fully saturated rings. The van der Waals surface area contributed by atoms with E-state index in [-0.39, 0.29) is 6.29 Å². The van der Waals surface area contributed by atoms with Gasteiger partial charge in [-0.25, -0.2) is 0 Å². The number of para-hydroxylation sites is 2. The predicted molar refractivity (Wildman–Crippen MR) is 216 cm³/mol. The quantitative estimate of drug-likeness (QED) is 0.195. The van der Waals surface area contributed by atoms with Crippen molar-refractivity contribution in [3.63, 3.8) is 0 Å². The topological polar surface area (TPSA) is 33.9 Å². The zero-order valence-electron chi connectivity index (χ0n) is 27.7. The molecule has 1 aliphatic rings. The Kier molecular flexibility index (Phi) is 6.29. The van der Waals surface area contributed by atoms with E-state index in [4.69, 9.17) is 0 Å². The van der Waals surface area contributed by atoms with E-state index in [0.717, 1.165) is 12.2 Å². The third kappa shape index (κ3) is 4.42. The highest BCUT2D eigenvalue weighted by atomic mass is 32.1. The van der Waals surface area contributed by atoms with Gasteiger partial charge in [-0.3, -0.25) is 5.32 Å². The van der Waals surface area contributed by atoms with E-state index < -0.39 is 0 Å². The van der Waals surface area contributed by atoms with Crippen molar-refractivity contribution >= 4 is 70.7 Å². The summed E-state index contributed by atoms with van der Waals surface area (Å²) in [5.74, 6) is 0. The molecule has 4 nitrogen and oxygen atoms in total. The van der Waals surface area contributed by atoms with Gasteiger partial charge < -0.3 is 14.5 Å². The Bertz CT molecular complexity index is 2970. The van der Waals surface area contributed by atoms with Gasteiger partial charge in [0.05, 0.1) is 27.8 Å². The van der Waals surface area contributed by atoms with E-state index in [9.17, 15) is 0 Å². The predicted octanol–water partition coefficient (Wildman–Crippen LogP) is 12.1. The standard InChI is InChI=1S/C46H32N4S/c1-2-11-29(12-3-1)30-13-10-14-33(25-30)49-39-18-7-5-16-35(39)38-26-31(22-24-41(38)49)32-21-23-36-34-15-4-8-19-40(34)50(42(36)27-32)46-47-28-44-45(48-46)37-17-6-9-20-43(37)51-44/h1-27,46-48H,28H2. The average molecular weight is 673 g/mol. The molecular weight excluding hydrogens is 641 g/mol. The first-order chi connectivity index (χ1) is 25.3. The second-order valence-corrected chi connectivity index (χ2v) is 14.6. The van der Waals surface area contributed by atoms with Crippen LogP contribution < -0.4 is 10.6 Å². The van der Waals surface area contributed by atoms with Gasteiger partial charge in [0.15, 0.2) is 6.29 Å². The Labute approximate surface area is 298 Å². The zero-order valence-corrected chi connectivity index (χ0v) is 28.5. The van der Waals surface area contributed by atoms with Crippen LogP contribution in [0.25, 0.3) is 81.6 Å². The highest BCUT2D eigenvalue weighted by Crippen LogP contribution is 2.42. The first-order valence-corrected chi connectivity index (χ1v) is 18.3. The molecule has 4 heterocycles. The van der Waals surface area contributed by atoms with Crippen molar-refractivity contribution in [2.45, 2.75) is 12.8 Å². The summed E-state index contributed by atoms with van der Waals surface area (Å²) in [6, 6.07) is 59.7. The van der Waals surface area contributed by atoms with Crippen molar-refractivity contribution in [1.82, 2.24) is 14.5 Å². The number of anilines is 1. The maximum absolute atomic E-state index is 3.90. The lowest BCUT2D eigenvalue weighted by molar-refractivity contribution is 0.459. The second kappa shape index (κ2) is 11.2. The number of benzene rings is 7. The van der Waals surface area contributed by atoms with Crippen LogP contribution in [-0.4, -0.2) is 9.13 Å². The molecule has 0 aliphatic carbocycles. The van der Waals surface area contributed by atoms with Crippen LogP contribution >= 0.6 is 11.3 Å². The third-order valence-electron chi connectivity index (χ3n) is 10.6. The Balaban J connectivity index is 1.06. The second-order valence-electron chi connectivity index (χ2n) is 13.4. The molecule has 10 aromatic rings. The van der Waals surface area contributed by atoms with Crippen molar-refractivity contribution in [1.29, 1.82) is 0 Å². The van der Waals surface area contributed by atoms with Crippen LogP contribution in [0.15, 0.2) is 164 Å². The summed E-state index contributed by atoms with van der Waals surface area (Å²) in [5, 5.41) is 14.0. The molecule has 0 spiro atoms. The molecule has 0 saturated carbocycles. The van der Waals surface area contributed by atoms with Gasteiger partial charge in [0.25, 0.3) is 0 Å². The van der Waals surface area contributed by atoms with E-state index in [2.05, 4.69) is 184 Å². The minimum absolute atomic E-state index is 0.0831. The molecule has 242 valence electrons. The summed E-state index contributed by atoms with van der Waals surface area (Å²) < 4.78 is 6.18. The van der Waals surface area contributed by atoms with Crippen LogP contribution in [0.5, 0.6) is 0 Å². The number of rotatable bonds is 4. The lowest BCUT2D eigenvalue weighted by atomic mass is 10.0. The number of aromatic nitrogens is 2. The molecule has 3 aromatic heterocycles. The number of nitrogens with one attached hydrogen (secondary N) is 2. The molecule has 1 aliphatic heterocycles. The number of hydrogen-bond acceptors (Lipinski definition) is 3. The summed E-state index contributed by atoms with van der Waals surface area (Å²) >= 11 is 1.87. The smallest absolute Gasteiger partial charge is 0.160 e. The Morgan fingerprint density at radius 1 is 0.471 bits per heavy atom. The van der Waals surface area contributed by atoms with Gasteiger partial charge in [0.2, 0.25) is 0 Å². The van der Waals surface area contributed by atoms with Gasteiger partial charge in [0, 0.05) is 48.7 Å². The van der Waals surface area contributed by atoms with Crippen LogP contribution in [0.1, 0.15) is 11.2 Å². The van der Waals surface area contributed by atoms with Crippen LogP contribution in [-0.2, 0) is 6.54 Å². The van der Waals surface area contributed by atoms with Crippen molar-refractivity contribution in [3.05, 3.63) is 169 Å². The number of thiophene rings is 1. The molecule has 0 bridgehead atoms. The molecule has 0 radical (unpaired) electrons. The van der Waals surface area contributed by atoms with Gasteiger partial charge >= 0.3 is 0 Å². The molecule has 11 rings (SSSR count).